The van der Waals surface area contributed by atoms with Gasteiger partial charge in [-0.2, -0.15) is 0 Å². The molecule has 2 fully saturated rings. The molecule has 10 nitrogen and oxygen atoms in total. The molecule has 0 unspecified atom stereocenters. The Morgan fingerprint density at radius 1 is 1.20 bits per heavy atom. The summed E-state index contributed by atoms with van der Waals surface area (Å²) in [6, 6.07) is 7.04. The molecular weight excluding hydrogens is 660 g/mol. The van der Waals surface area contributed by atoms with E-state index in [-0.39, 0.29) is 11.3 Å². The number of amides is 1. The summed E-state index contributed by atoms with van der Waals surface area (Å²) < 4.78 is 54.9. The van der Waals surface area contributed by atoms with Crippen LogP contribution in [-0.4, -0.2) is 86.5 Å². The van der Waals surface area contributed by atoms with E-state index in [2.05, 4.69) is 32.9 Å². The molecule has 14 heteroatoms. The summed E-state index contributed by atoms with van der Waals surface area (Å²) in [5, 5.41) is 39.9. The normalized spacial score (nSPS) is 28.1. The van der Waals surface area contributed by atoms with Gasteiger partial charge >= 0.3 is 0 Å². The van der Waals surface area contributed by atoms with Crippen LogP contribution in [0, 0.1) is 21.0 Å². The van der Waals surface area contributed by atoms with E-state index in [9.17, 15) is 33.3 Å². The van der Waals surface area contributed by atoms with Gasteiger partial charge in [0.15, 0.2) is 23.6 Å². The van der Waals surface area contributed by atoms with Gasteiger partial charge in [0.05, 0.1) is 24.9 Å². The number of aliphatic hydroxyl groups excluding tert-OH is 3. The van der Waals surface area contributed by atoms with E-state index in [1.165, 1.54) is 22.9 Å². The topological polar surface area (TPSA) is 130 Å². The summed E-state index contributed by atoms with van der Waals surface area (Å²) in [6.45, 7) is -0.650. The van der Waals surface area contributed by atoms with Gasteiger partial charge in [-0.25, -0.2) is 17.9 Å². The zero-order valence-corrected chi connectivity index (χ0v) is 23.9. The molecule has 1 amide bonds. The maximum atomic E-state index is 14.3. The van der Waals surface area contributed by atoms with Gasteiger partial charge in [0.25, 0.3) is 5.91 Å². The summed E-state index contributed by atoms with van der Waals surface area (Å²) in [5.41, 5.74) is 0.404. The molecule has 1 saturated carbocycles. The van der Waals surface area contributed by atoms with Gasteiger partial charge < -0.3 is 29.7 Å². The molecule has 2 heterocycles. The van der Waals surface area contributed by atoms with Crippen molar-refractivity contribution in [2.75, 3.05) is 18.6 Å². The first-order valence-corrected chi connectivity index (χ1v) is 14.0. The van der Waals surface area contributed by atoms with Gasteiger partial charge in [-0.05, 0) is 72.2 Å². The summed E-state index contributed by atoms with van der Waals surface area (Å²) >= 11 is 2.12. The Kier molecular flexibility index (Phi) is 8.96. The van der Waals surface area contributed by atoms with Crippen LogP contribution in [0.1, 0.15) is 25.3 Å². The molecule has 2 aliphatic rings. The largest absolute Gasteiger partial charge is 0.394 e. The van der Waals surface area contributed by atoms with Crippen molar-refractivity contribution in [3.05, 3.63) is 63.6 Å². The number of aliphatic hydroxyl groups is 3. The van der Waals surface area contributed by atoms with E-state index >= 15 is 0 Å². The molecule has 1 saturated heterocycles. The van der Waals surface area contributed by atoms with E-state index in [4.69, 9.17) is 9.47 Å². The monoisotopic (exact) mass is 688 g/mol. The van der Waals surface area contributed by atoms with Crippen molar-refractivity contribution in [3.8, 4) is 11.3 Å². The molecule has 1 aliphatic carbocycles. The maximum Gasteiger partial charge on any atom is 0.259 e. The number of benzene rings is 2. The fourth-order valence-electron chi connectivity index (χ4n) is 5.58. The first-order valence-electron chi connectivity index (χ1n) is 12.9. The number of ether oxygens (including phenoxy) is 2. The van der Waals surface area contributed by atoms with Crippen molar-refractivity contribution < 1.29 is 42.8 Å². The van der Waals surface area contributed by atoms with E-state index < -0.39 is 72.6 Å². The van der Waals surface area contributed by atoms with Gasteiger partial charge in [0, 0.05) is 21.9 Å². The highest BCUT2D eigenvalue weighted by molar-refractivity contribution is 14.1. The lowest BCUT2D eigenvalue weighted by molar-refractivity contribution is -0.211. The van der Waals surface area contributed by atoms with Crippen molar-refractivity contribution in [2.24, 2.45) is 0 Å². The first-order chi connectivity index (χ1) is 19.6. The number of hydrogen-bond donors (Lipinski definition) is 3. The third-order valence-corrected chi connectivity index (χ3v) is 8.25. The van der Waals surface area contributed by atoms with Gasteiger partial charge in [-0.1, -0.05) is 11.3 Å². The molecule has 3 N–H and O–H groups in total. The molecule has 7 atom stereocenters. The second kappa shape index (κ2) is 12.3. The van der Waals surface area contributed by atoms with Crippen LogP contribution in [0.5, 0.6) is 0 Å². The average Bonchev–Trinajstić information content (AvgIpc) is 3.61. The molecule has 3 aromatic rings. The van der Waals surface area contributed by atoms with Crippen molar-refractivity contribution in [1.82, 2.24) is 15.0 Å². The van der Waals surface area contributed by atoms with Crippen molar-refractivity contribution in [1.29, 1.82) is 0 Å². The minimum Gasteiger partial charge on any atom is -0.394 e. The van der Waals surface area contributed by atoms with Crippen molar-refractivity contribution in [3.63, 3.8) is 0 Å². The molecule has 1 aliphatic heterocycles. The van der Waals surface area contributed by atoms with Crippen LogP contribution in [0.4, 0.5) is 18.9 Å². The fraction of sp³-hybridized carbons (Fsp3) is 0.444. The number of nitrogens with zero attached hydrogens (tertiary/aromatic N) is 4. The standard InChI is InChI=1S/C27H28F3IN4O6/c1-40-25-23(34-11-18(32-33-34)13-8-16(28)22(30)17(29)9-13)24(38)21(12-36)41-26(25)27(39)35(19-6-3-7-20(19)37)15-5-2-4-14(31)10-15/h2,4-5,8-11,19-21,23-26,36-38H,3,6-7,12H2,1H3/t19-,20-,21-,23+,24+,25-,26-/m1/s1. The van der Waals surface area contributed by atoms with Crippen LogP contribution >= 0.6 is 22.6 Å². The summed E-state index contributed by atoms with van der Waals surface area (Å²) in [6.07, 6.45) is -2.92. The van der Waals surface area contributed by atoms with Crippen LogP contribution in [0.2, 0.25) is 0 Å². The quantitative estimate of drug-likeness (QED) is 0.255. The molecule has 220 valence electrons. The Morgan fingerprint density at radius 2 is 1.93 bits per heavy atom. The van der Waals surface area contributed by atoms with Crippen molar-refractivity contribution in [2.45, 2.75) is 61.9 Å². The molecule has 0 radical (unpaired) electrons. The lowest BCUT2D eigenvalue weighted by Gasteiger charge is -2.45. The number of hydrogen-bond acceptors (Lipinski definition) is 8. The predicted molar refractivity (Wildman–Crippen MR) is 147 cm³/mol. The van der Waals surface area contributed by atoms with Crippen LogP contribution in [0.15, 0.2) is 42.6 Å². The number of carbonyl (C=O) groups is 1. The summed E-state index contributed by atoms with van der Waals surface area (Å²) in [4.78, 5) is 15.8. The lowest BCUT2D eigenvalue weighted by atomic mass is 9.91. The SMILES string of the molecule is CO[C@@H]1[C@@H](n2cc(-c3cc(F)c(F)c(F)c3)nn2)[C@@H](O)[C@@H](CO)O[C@H]1C(=O)N(c1cccc(I)c1)[C@@H]1CCC[C@H]1O. The predicted octanol–water partition coefficient (Wildman–Crippen LogP) is 2.59. The molecule has 0 spiro atoms. The average molecular weight is 688 g/mol. The van der Waals surface area contributed by atoms with Gasteiger partial charge in [0.2, 0.25) is 0 Å². The number of rotatable bonds is 7. The number of anilines is 1. The summed E-state index contributed by atoms with van der Waals surface area (Å²) in [5.74, 6) is -5.00. The number of halogens is 4. The second-order valence-corrected chi connectivity index (χ2v) is 11.3. The molecule has 1 aromatic heterocycles. The Labute approximate surface area is 246 Å². The van der Waals surface area contributed by atoms with E-state index in [1.807, 2.05) is 6.07 Å². The molecule has 5 rings (SSSR count). The molecule has 41 heavy (non-hydrogen) atoms. The van der Waals surface area contributed by atoms with Gasteiger partial charge in [-0.15, -0.1) is 5.10 Å². The van der Waals surface area contributed by atoms with Crippen LogP contribution in [0.25, 0.3) is 11.3 Å². The van der Waals surface area contributed by atoms with Crippen LogP contribution in [-0.2, 0) is 14.3 Å². The Bertz CT molecular complexity index is 1390. The van der Waals surface area contributed by atoms with E-state index in [0.717, 1.165) is 15.7 Å². The summed E-state index contributed by atoms with van der Waals surface area (Å²) in [7, 11) is 1.32. The fourth-order valence-corrected chi connectivity index (χ4v) is 6.11. The van der Waals surface area contributed by atoms with Crippen molar-refractivity contribution >= 4 is 34.2 Å². The maximum absolute atomic E-state index is 14.3. The Morgan fingerprint density at radius 3 is 2.54 bits per heavy atom. The number of carbonyl (C=O) groups excluding carboxylic acids is 1. The van der Waals surface area contributed by atoms with Crippen LogP contribution in [0.3, 0.4) is 0 Å². The number of methoxy groups -OCH3 is 1. The third-order valence-electron chi connectivity index (χ3n) is 7.58. The minimum absolute atomic E-state index is 0.0330. The van der Waals surface area contributed by atoms with Crippen LogP contribution < -0.4 is 4.90 Å². The smallest absolute Gasteiger partial charge is 0.259 e. The van der Waals surface area contributed by atoms with Gasteiger partial charge in [-0.3, -0.25) is 4.79 Å². The zero-order chi connectivity index (χ0) is 29.4. The highest BCUT2D eigenvalue weighted by atomic mass is 127. The molecule has 2 aromatic carbocycles. The third kappa shape index (κ3) is 5.72. The lowest BCUT2D eigenvalue weighted by Crippen LogP contribution is -2.62. The highest BCUT2D eigenvalue weighted by Gasteiger charge is 2.52. The minimum atomic E-state index is -1.63. The number of aromatic nitrogens is 3. The molecular formula is C27H28F3IN4O6. The first kappa shape index (κ1) is 29.8. The van der Waals surface area contributed by atoms with E-state index in [0.29, 0.717) is 24.9 Å². The Balaban J connectivity index is 1.53. The Hall–Kier alpha value is -2.63. The highest BCUT2D eigenvalue weighted by Crippen LogP contribution is 2.37. The second-order valence-electron chi connectivity index (χ2n) is 10.1. The molecule has 0 bridgehead atoms. The van der Waals surface area contributed by atoms with E-state index in [1.54, 1.807) is 18.2 Å². The zero-order valence-electron chi connectivity index (χ0n) is 21.8. The van der Waals surface area contributed by atoms with Gasteiger partial charge in [0.1, 0.15) is 30.0 Å².